The van der Waals surface area contributed by atoms with E-state index in [0.29, 0.717) is 13.0 Å². The summed E-state index contributed by atoms with van der Waals surface area (Å²) in [6, 6.07) is 3.30. The Morgan fingerprint density at radius 1 is 1.41 bits per heavy atom. The van der Waals surface area contributed by atoms with Crippen molar-refractivity contribution in [1.82, 2.24) is 4.90 Å². The minimum absolute atomic E-state index is 0.0836. The molecular weight excluding hydrogens is 307 g/mol. The van der Waals surface area contributed by atoms with Crippen molar-refractivity contribution in [2.24, 2.45) is 5.41 Å². The van der Waals surface area contributed by atoms with E-state index in [4.69, 9.17) is 11.6 Å². The van der Waals surface area contributed by atoms with E-state index in [1.165, 1.54) is 24.3 Å². The van der Waals surface area contributed by atoms with Crippen LogP contribution in [0.3, 0.4) is 0 Å². The van der Waals surface area contributed by atoms with Gasteiger partial charge in [0, 0.05) is 17.3 Å². The number of hydrogen-bond donors (Lipinski definition) is 1. The first-order valence-electron chi connectivity index (χ1n) is 7.12. The second-order valence-corrected chi connectivity index (χ2v) is 6.47. The van der Waals surface area contributed by atoms with Crippen molar-refractivity contribution >= 4 is 29.1 Å². The molecule has 1 aliphatic carbocycles. The Kier molecular flexibility index (Phi) is 3.68. The van der Waals surface area contributed by atoms with Crippen LogP contribution in [0.5, 0.6) is 0 Å². The summed E-state index contributed by atoms with van der Waals surface area (Å²) in [4.78, 5) is 26.0. The minimum Gasteiger partial charge on any atom is -0.327 e. The number of rotatable bonds is 3. The molecule has 1 saturated heterocycles. The molecule has 0 aromatic heterocycles. The van der Waals surface area contributed by atoms with Crippen LogP contribution in [-0.4, -0.2) is 29.3 Å². The molecular formula is C16H16ClFN2O2. The molecule has 6 heteroatoms. The smallest absolute Gasteiger partial charge is 0.247 e. The zero-order valence-corrected chi connectivity index (χ0v) is 12.7. The summed E-state index contributed by atoms with van der Waals surface area (Å²) in [6.45, 7) is 4.07. The first kappa shape index (κ1) is 15.0. The van der Waals surface area contributed by atoms with Crippen LogP contribution in [0.25, 0.3) is 0 Å². The number of nitrogens with one attached hydrogen (secondary N) is 1. The van der Waals surface area contributed by atoms with Gasteiger partial charge in [0.25, 0.3) is 0 Å². The third kappa shape index (κ3) is 2.86. The zero-order valence-electron chi connectivity index (χ0n) is 11.9. The maximum Gasteiger partial charge on any atom is 0.247 e. The summed E-state index contributed by atoms with van der Waals surface area (Å²) in [7, 11) is 0. The van der Waals surface area contributed by atoms with Gasteiger partial charge in [-0.3, -0.25) is 9.59 Å². The molecule has 1 aromatic carbocycles. The summed E-state index contributed by atoms with van der Waals surface area (Å²) in [6.07, 6.45) is 3.93. The molecule has 2 fully saturated rings. The van der Waals surface area contributed by atoms with Crippen LogP contribution in [0, 0.1) is 11.2 Å². The molecule has 1 N–H and O–H groups in total. The van der Waals surface area contributed by atoms with E-state index in [9.17, 15) is 14.0 Å². The van der Waals surface area contributed by atoms with E-state index in [1.807, 2.05) is 0 Å². The van der Waals surface area contributed by atoms with E-state index < -0.39 is 11.9 Å². The van der Waals surface area contributed by atoms with Gasteiger partial charge in [-0.2, -0.15) is 0 Å². The normalized spacial score (nSPS) is 21.7. The van der Waals surface area contributed by atoms with Gasteiger partial charge in [-0.25, -0.2) is 4.39 Å². The summed E-state index contributed by atoms with van der Waals surface area (Å²) in [5.41, 5.74) is 0.373. The van der Waals surface area contributed by atoms with Gasteiger partial charge < -0.3 is 10.2 Å². The molecule has 2 amide bonds. The SMILES string of the molecule is C=CC(=O)N1CC2(CC2)C[C@H]1C(=O)Nc1cc(F)cc(Cl)c1. The first-order valence-corrected chi connectivity index (χ1v) is 7.50. The Bertz CT molecular complexity index is 637. The van der Waals surface area contributed by atoms with Crippen LogP contribution < -0.4 is 5.32 Å². The molecule has 0 bridgehead atoms. The maximum absolute atomic E-state index is 13.3. The summed E-state index contributed by atoms with van der Waals surface area (Å²) >= 11 is 5.78. The van der Waals surface area contributed by atoms with Crippen molar-refractivity contribution < 1.29 is 14.0 Å². The summed E-state index contributed by atoms with van der Waals surface area (Å²) in [5, 5.41) is 2.86. The van der Waals surface area contributed by atoms with Crippen molar-refractivity contribution in [3.63, 3.8) is 0 Å². The molecule has 4 nitrogen and oxygen atoms in total. The van der Waals surface area contributed by atoms with Crippen LogP contribution in [0.2, 0.25) is 5.02 Å². The van der Waals surface area contributed by atoms with Gasteiger partial charge in [-0.1, -0.05) is 18.2 Å². The summed E-state index contributed by atoms with van der Waals surface area (Å²) < 4.78 is 13.3. The number of benzene rings is 1. The van der Waals surface area contributed by atoms with Gasteiger partial charge in [0.2, 0.25) is 11.8 Å². The third-order valence-corrected chi connectivity index (χ3v) is 4.57. The second-order valence-electron chi connectivity index (χ2n) is 6.04. The molecule has 1 aromatic rings. The van der Waals surface area contributed by atoms with Crippen molar-refractivity contribution in [3.8, 4) is 0 Å². The molecule has 0 radical (unpaired) electrons. The van der Waals surface area contributed by atoms with Crippen molar-refractivity contribution in [3.05, 3.63) is 41.7 Å². The first-order chi connectivity index (χ1) is 10.4. The van der Waals surface area contributed by atoms with E-state index in [2.05, 4.69) is 11.9 Å². The predicted molar refractivity (Wildman–Crippen MR) is 82.0 cm³/mol. The number of nitrogens with zero attached hydrogens (tertiary/aromatic N) is 1. The fraction of sp³-hybridized carbons (Fsp3) is 0.375. The highest BCUT2D eigenvalue weighted by molar-refractivity contribution is 6.30. The lowest BCUT2D eigenvalue weighted by atomic mass is 10.0. The Morgan fingerprint density at radius 3 is 2.73 bits per heavy atom. The number of carbonyl (C=O) groups excluding carboxylic acids is 2. The highest BCUT2D eigenvalue weighted by atomic mass is 35.5. The molecule has 2 aliphatic rings. The largest absolute Gasteiger partial charge is 0.327 e. The number of halogens is 2. The van der Waals surface area contributed by atoms with E-state index in [-0.39, 0.29) is 27.9 Å². The topological polar surface area (TPSA) is 49.4 Å². The molecule has 1 atom stereocenters. The van der Waals surface area contributed by atoms with Gasteiger partial charge >= 0.3 is 0 Å². The van der Waals surface area contributed by atoms with Crippen LogP contribution in [0.1, 0.15) is 19.3 Å². The molecule has 1 aliphatic heterocycles. The Hall–Kier alpha value is -1.88. The molecule has 22 heavy (non-hydrogen) atoms. The molecule has 3 rings (SSSR count). The van der Waals surface area contributed by atoms with E-state index in [1.54, 1.807) is 4.90 Å². The average molecular weight is 323 g/mol. The lowest BCUT2D eigenvalue weighted by molar-refractivity contribution is -0.132. The average Bonchev–Trinajstić information content (AvgIpc) is 3.07. The molecule has 116 valence electrons. The van der Waals surface area contributed by atoms with Crippen molar-refractivity contribution in [2.75, 3.05) is 11.9 Å². The quantitative estimate of drug-likeness (QED) is 0.870. The van der Waals surface area contributed by atoms with Crippen molar-refractivity contribution in [1.29, 1.82) is 0 Å². The number of anilines is 1. The van der Waals surface area contributed by atoms with Crippen LogP contribution in [-0.2, 0) is 9.59 Å². The number of likely N-dealkylation sites (tertiary alicyclic amines) is 1. The highest BCUT2D eigenvalue weighted by Gasteiger charge is 2.54. The second kappa shape index (κ2) is 5.39. The lowest BCUT2D eigenvalue weighted by Crippen LogP contribution is -2.42. The fourth-order valence-corrected chi connectivity index (χ4v) is 3.25. The van der Waals surface area contributed by atoms with Gasteiger partial charge in [0.1, 0.15) is 11.9 Å². The zero-order chi connectivity index (χ0) is 15.9. The molecule has 1 saturated carbocycles. The van der Waals surface area contributed by atoms with Gasteiger partial charge in [0.05, 0.1) is 0 Å². The van der Waals surface area contributed by atoms with E-state index >= 15 is 0 Å². The highest BCUT2D eigenvalue weighted by Crippen LogP contribution is 2.54. The number of amides is 2. The van der Waals surface area contributed by atoms with Gasteiger partial charge in [-0.15, -0.1) is 0 Å². The third-order valence-electron chi connectivity index (χ3n) is 4.36. The van der Waals surface area contributed by atoms with Gasteiger partial charge in [-0.05, 0) is 49.0 Å². The Balaban J connectivity index is 1.77. The minimum atomic E-state index is -0.546. The van der Waals surface area contributed by atoms with Crippen LogP contribution in [0.15, 0.2) is 30.9 Å². The molecule has 1 spiro atoms. The Labute approximate surface area is 132 Å². The molecule has 1 heterocycles. The number of hydrogen-bond acceptors (Lipinski definition) is 2. The fourth-order valence-electron chi connectivity index (χ4n) is 3.03. The standard InChI is InChI=1S/C16H16ClFN2O2/c1-2-14(21)20-9-16(3-4-16)8-13(20)15(22)19-12-6-10(17)5-11(18)7-12/h2,5-7,13H,1,3-4,8-9H2,(H,19,22)/t13-/m0/s1. The van der Waals surface area contributed by atoms with E-state index in [0.717, 1.165) is 12.8 Å². The molecule has 0 unspecified atom stereocenters. The summed E-state index contributed by atoms with van der Waals surface area (Å²) in [5.74, 6) is -1.09. The van der Waals surface area contributed by atoms with Gasteiger partial charge in [0.15, 0.2) is 0 Å². The van der Waals surface area contributed by atoms with Crippen molar-refractivity contribution in [2.45, 2.75) is 25.3 Å². The van der Waals surface area contributed by atoms with Crippen LogP contribution >= 0.6 is 11.6 Å². The monoisotopic (exact) mass is 322 g/mol. The Morgan fingerprint density at radius 2 is 2.14 bits per heavy atom. The predicted octanol–water partition coefficient (Wildman–Crippen LogP) is 2.98. The number of carbonyl (C=O) groups is 2. The maximum atomic E-state index is 13.3. The van der Waals surface area contributed by atoms with Crippen LogP contribution in [0.4, 0.5) is 10.1 Å². The lowest BCUT2D eigenvalue weighted by Gasteiger charge is -2.22.